The zero-order chi connectivity index (χ0) is 22.7. The van der Waals surface area contributed by atoms with Crippen LogP contribution in [-0.2, 0) is 23.9 Å². The second-order valence-corrected chi connectivity index (χ2v) is 8.92. The lowest BCUT2D eigenvalue weighted by Crippen LogP contribution is -2.64. The number of amides is 1. The molecule has 166 valence electrons. The minimum atomic E-state index is -1.58. The zero-order valence-electron chi connectivity index (χ0n) is 18.1. The van der Waals surface area contributed by atoms with Crippen molar-refractivity contribution in [1.82, 2.24) is 0 Å². The highest BCUT2D eigenvalue weighted by Crippen LogP contribution is 2.61. The van der Waals surface area contributed by atoms with Gasteiger partial charge >= 0.3 is 11.9 Å². The van der Waals surface area contributed by atoms with Crippen molar-refractivity contribution < 1.29 is 23.9 Å². The number of ketones is 1. The molecule has 2 aliphatic heterocycles. The molecule has 2 aromatic carbocycles. The van der Waals surface area contributed by atoms with Crippen molar-refractivity contribution in [2.75, 3.05) is 11.5 Å². The fraction of sp³-hybridized carbons (Fsp3) is 0.296. The lowest BCUT2D eigenvalue weighted by molar-refractivity contribution is -0.153. The summed E-state index contributed by atoms with van der Waals surface area (Å²) in [5.41, 5.74) is -0.312. The topological polar surface area (TPSA) is 72.9 Å². The molecule has 6 heteroatoms. The second-order valence-electron chi connectivity index (χ2n) is 8.92. The molecular weight excluding hydrogens is 418 g/mol. The van der Waals surface area contributed by atoms with Crippen LogP contribution in [0.5, 0.6) is 0 Å². The average molecular weight is 441 g/mol. The van der Waals surface area contributed by atoms with Crippen LogP contribution in [0.25, 0.3) is 5.76 Å². The van der Waals surface area contributed by atoms with E-state index in [0.29, 0.717) is 17.0 Å². The Morgan fingerprint density at radius 1 is 1.03 bits per heavy atom. The van der Waals surface area contributed by atoms with Crippen LogP contribution in [0.2, 0.25) is 0 Å². The number of Topliss-reactive ketones (excluding diaryl/α,β-unsaturated/α-hetero) is 1. The molecular formula is C27H23NO5. The first-order valence-electron chi connectivity index (χ1n) is 11.3. The van der Waals surface area contributed by atoms with Crippen molar-refractivity contribution >= 4 is 29.1 Å². The summed E-state index contributed by atoms with van der Waals surface area (Å²) in [5, 5.41) is 0. The van der Waals surface area contributed by atoms with Gasteiger partial charge in [-0.3, -0.25) is 14.5 Å². The Bertz CT molecular complexity index is 1220. The zero-order valence-corrected chi connectivity index (χ0v) is 18.1. The highest BCUT2D eigenvalue weighted by Gasteiger charge is 2.73. The van der Waals surface area contributed by atoms with E-state index in [1.165, 1.54) is 4.90 Å². The van der Waals surface area contributed by atoms with E-state index in [2.05, 4.69) is 12.2 Å². The highest BCUT2D eigenvalue weighted by atomic mass is 16.5. The number of rotatable bonds is 4. The predicted octanol–water partition coefficient (Wildman–Crippen LogP) is 3.54. The molecule has 1 saturated heterocycles. The van der Waals surface area contributed by atoms with Gasteiger partial charge in [0, 0.05) is 23.1 Å². The Labute approximate surface area is 191 Å². The number of ether oxygens (including phenoxy) is 2. The van der Waals surface area contributed by atoms with Crippen LogP contribution in [0.4, 0.5) is 5.69 Å². The average Bonchev–Trinajstić information content (AvgIpc) is 3.52. The second kappa shape index (κ2) is 7.17. The van der Waals surface area contributed by atoms with Gasteiger partial charge in [0.15, 0.2) is 5.54 Å². The van der Waals surface area contributed by atoms with E-state index in [0.717, 1.165) is 6.42 Å². The summed E-state index contributed by atoms with van der Waals surface area (Å²) in [5.74, 6) is -2.01. The van der Waals surface area contributed by atoms with Gasteiger partial charge in [0.1, 0.15) is 11.9 Å². The molecule has 1 amide bonds. The third-order valence-electron chi connectivity index (χ3n) is 7.35. The van der Waals surface area contributed by atoms with E-state index in [1.54, 1.807) is 31.2 Å². The summed E-state index contributed by atoms with van der Waals surface area (Å²) >= 11 is 0. The van der Waals surface area contributed by atoms with E-state index in [-0.39, 0.29) is 30.1 Å². The summed E-state index contributed by atoms with van der Waals surface area (Å²) in [6, 6.07) is 18.2. The summed E-state index contributed by atoms with van der Waals surface area (Å²) in [4.78, 5) is 42.7. The van der Waals surface area contributed by atoms with Crippen LogP contribution in [0, 0.1) is 17.8 Å². The lowest BCUT2D eigenvalue weighted by atomic mass is 9.67. The number of benzene rings is 2. The first-order valence-corrected chi connectivity index (χ1v) is 11.3. The van der Waals surface area contributed by atoms with Crippen molar-refractivity contribution in [2.24, 2.45) is 17.8 Å². The summed E-state index contributed by atoms with van der Waals surface area (Å²) < 4.78 is 12.2. The Kier molecular flexibility index (Phi) is 4.34. The molecule has 2 aromatic rings. The molecule has 2 fully saturated rings. The Morgan fingerprint density at radius 3 is 2.39 bits per heavy atom. The number of para-hydroxylation sites is 1. The maximum absolute atomic E-state index is 14.0. The maximum atomic E-state index is 14.0. The Balaban J connectivity index is 1.70. The minimum Gasteiger partial charge on any atom is -0.488 e. The molecule has 2 bridgehead atoms. The van der Waals surface area contributed by atoms with Gasteiger partial charge in [-0.05, 0) is 31.4 Å². The van der Waals surface area contributed by atoms with Crippen LogP contribution >= 0.6 is 0 Å². The normalized spacial score (nSPS) is 31.5. The minimum absolute atomic E-state index is 0.00152. The summed E-state index contributed by atoms with van der Waals surface area (Å²) in [6.45, 7) is 1.88. The number of anilines is 1. The van der Waals surface area contributed by atoms with Gasteiger partial charge in [-0.2, -0.15) is 0 Å². The molecule has 2 heterocycles. The van der Waals surface area contributed by atoms with Gasteiger partial charge in [-0.1, -0.05) is 60.7 Å². The summed E-state index contributed by atoms with van der Waals surface area (Å²) in [7, 11) is 0. The van der Waals surface area contributed by atoms with Crippen LogP contribution in [0.3, 0.4) is 0 Å². The smallest absolute Gasteiger partial charge is 0.337 e. The van der Waals surface area contributed by atoms with Gasteiger partial charge in [0.25, 0.3) is 5.78 Å². The van der Waals surface area contributed by atoms with Gasteiger partial charge in [-0.15, -0.1) is 0 Å². The molecule has 4 aliphatic rings. The number of nitrogens with zero attached hydrogens (tertiary/aromatic N) is 1. The Morgan fingerprint density at radius 2 is 1.70 bits per heavy atom. The van der Waals surface area contributed by atoms with Crippen molar-refractivity contribution in [3.05, 3.63) is 84.0 Å². The number of carbonyl (C=O) groups excluding carboxylic acids is 3. The van der Waals surface area contributed by atoms with E-state index in [9.17, 15) is 14.4 Å². The molecule has 5 atom stereocenters. The molecule has 6 rings (SSSR count). The Hall–Kier alpha value is -3.67. The number of esters is 1. The first kappa shape index (κ1) is 20.0. The molecule has 33 heavy (non-hydrogen) atoms. The standard InChI is InChI=1S/C27H23NO5/c1-2-32-26(31)27-20-17-13-14-18(15-17)24(20)33-23(16-9-5-3-6-10-16)21(27)22(29)25(30)28(27)19-11-7-4-8-12-19/h3-14,17-18,20,24H,2,15H2,1H3/t17-,18-,20-,24+,27+/m0/s1. The fourth-order valence-electron chi connectivity index (χ4n) is 6.20. The van der Waals surface area contributed by atoms with E-state index < -0.39 is 29.1 Å². The van der Waals surface area contributed by atoms with Crippen molar-refractivity contribution in [3.8, 4) is 0 Å². The number of fused-ring (bicyclic) bond motifs is 7. The predicted molar refractivity (Wildman–Crippen MR) is 121 cm³/mol. The molecule has 1 saturated carbocycles. The molecule has 6 nitrogen and oxygen atoms in total. The van der Waals surface area contributed by atoms with Crippen molar-refractivity contribution in [1.29, 1.82) is 0 Å². The quantitative estimate of drug-likeness (QED) is 0.412. The van der Waals surface area contributed by atoms with E-state index in [1.807, 2.05) is 36.4 Å². The van der Waals surface area contributed by atoms with Gasteiger partial charge in [-0.25, -0.2) is 4.79 Å². The molecule has 0 spiro atoms. The highest BCUT2D eigenvalue weighted by molar-refractivity contribution is 6.54. The molecule has 2 aliphatic carbocycles. The van der Waals surface area contributed by atoms with Gasteiger partial charge < -0.3 is 9.47 Å². The molecule has 0 unspecified atom stereocenters. The molecule has 0 radical (unpaired) electrons. The van der Waals surface area contributed by atoms with Crippen LogP contribution < -0.4 is 4.90 Å². The van der Waals surface area contributed by atoms with E-state index >= 15 is 0 Å². The van der Waals surface area contributed by atoms with Crippen LogP contribution in [0.15, 0.2) is 78.4 Å². The third kappa shape index (κ3) is 2.52. The van der Waals surface area contributed by atoms with Crippen LogP contribution in [0.1, 0.15) is 18.9 Å². The van der Waals surface area contributed by atoms with Gasteiger partial charge in [0.05, 0.1) is 12.2 Å². The van der Waals surface area contributed by atoms with Crippen molar-refractivity contribution in [2.45, 2.75) is 25.0 Å². The first-order chi connectivity index (χ1) is 16.1. The third-order valence-corrected chi connectivity index (χ3v) is 7.35. The number of allylic oxidation sites excluding steroid dienone is 1. The maximum Gasteiger partial charge on any atom is 0.337 e. The lowest BCUT2D eigenvalue weighted by Gasteiger charge is -2.48. The number of carbonyl (C=O) groups is 3. The summed E-state index contributed by atoms with van der Waals surface area (Å²) in [6.07, 6.45) is 4.70. The number of hydrogen-bond donors (Lipinski definition) is 0. The van der Waals surface area contributed by atoms with Gasteiger partial charge in [0.2, 0.25) is 0 Å². The molecule has 0 N–H and O–H groups in total. The van der Waals surface area contributed by atoms with Crippen molar-refractivity contribution in [3.63, 3.8) is 0 Å². The van der Waals surface area contributed by atoms with E-state index in [4.69, 9.17) is 9.47 Å². The monoisotopic (exact) mass is 441 g/mol. The fourth-order valence-corrected chi connectivity index (χ4v) is 6.20. The largest absolute Gasteiger partial charge is 0.488 e. The van der Waals surface area contributed by atoms with Crippen LogP contribution in [-0.4, -0.2) is 35.9 Å². The molecule has 0 aromatic heterocycles. The SMILES string of the molecule is CCOC(=O)[C@]12C(=C(c3ccccc3)O[C@H]3[C@@H]1[C@H]1C=C[C@H]3C1)C(=O)C(=O)N2c1ccccc1. The number of hydrogen-bond acceptors (Lipinski definition) is 5.